The Bertz CT molecular complexity index is 367. The van der Waals surface area contributed by atoms with Crippen LogP contribution in [0.1, 0.15) is 60.3 Å². The maximum absolute atomic E-state index is 12.1. The van der Waals surface area contributed by atoms with Crippen molar-refractivity contribution in [3.63, 3.8) is 0 Å². The van der Waals surface area contributed by atoms with Crippen LogP contribution in [-0.2, 0) is 9.53 Å². The highest BCUT2D eigenvalue weighted by molar-refractivity contribution is 5.79. The third kappa shape index (κ3) is 7.14. The molecular formula is C17H32N2O3. The zero-order valence-corrected chi connectivity index (χ0v) is 14.8. The van der Waals surface area contributed by atoms with E-state index in [1.54, 1.807) is 4.90 Å². The molecule has 22 heavy (non-hydrogen) atoms. The fraction of sp³-hybridized carbons (Fsp3) is 0.882. The highest BCUT2D eigenvalue weighted by Crippen LogP contribution is 2.19. The first kappa shape index (κ1) is 18.8. The van der Waals surface area contributed by atoms with Crippen LogP contribution in [-0.4, -0.2) is 42.1 Å². The summed E-state index contributed by atoms with van der Waals surface area (Å²) in [4.78, 5) is 25.8. The third-order valence-corrected chi connectivity index (χ3v) is 3.77. The maximum atomic E-state index is 12.1. The van der Waals surface area contributed by atoms with E-state index >= 15 is 0 Å². The summed E-state index contributed by atoms with van der Waals surface area (Å²) in [6.07, 6.45) is 3.32. The second-order valence-electron chi connectivity index (χ2n) is 7.57. The molecule has 128 valence electrons. The van der Waals surface area contributed by atoms with Crippen LogP contribution in [0, 0.1) is 11.8 Å². The van der Waals surface area contributed by atoms with E-state index in [0.717, 1.165) is 32.2 Å². The van der Waals surface area contributed by atoms with E-state index in [2.05, 4.69) is 19.2 Å². The topological polar surface area (TPSA) is 58.6 Å². The lowest BCUT2D eigenvalue weighted by molar-refractivity contribution is -0.126. The molecule has 0 unspecified atom stereocenters. The molecule has 1 rings (SSSR count). The number of nitrogens with zero attached hydrogens (tertiary/aromatic N) is 1. The highest BCUT2D eigenvalue weighted by atomic mass is 16.6. The monoisotopic (exact) mass is 312 g/mol. The lowest BCUT2D eigenvalue weighted by Gasteiger charge is -2.32. The van der Waals surface area contributed by atoms with Crippen molar-refractivity contribution in [1.82, 2.24) is 10.2 Å². The molecule has 1 aliphatic heterocycles. The number of rotatable bonds is 5. The van der Waals surface area contributed by atoms with Gasteiger partial charge in [-0.1, -0.05) is 13.8 Å². The van der Waals surface area contributed by atoms with Gasteiger partial charge in [-0.3, -0.25) is 4.79 Å². The predicted molar refractivity (Wildman–Crippen MR) is 87.6 cm³/mol. The van der Waals surface area contributed by atoms with Gasteiger partial charge in [0.25, 0.3) is 0 Å². The number of ether oxygens (including phenoxy) is 1. The maximum Gasteiger partial charge on any atom is 0.410 e. The molecule has 1 saturated heterocycles. The predicted octanol–water partition coefficient (Wildman–Crippen LogP) is 3.19. The highest BCUT2D eigenvalue weighted by Gasteiger charge is 2.29. The van der Waals surface area contributed by atoms with Crippen molar-refractivity contribution in [1.29, 1.82) is 0 Å². The summed E-state index contributed by atoms with van der Waals surface area (Å²) in [6, 6.07) is 0. The number of likely N-dealkylation sites (tertiary alicyclic amines) is 1. The van der Waals surface area contributed by atoms with Crippen LogP contribution in [0.3, 0.4) is 0 Å². The minimum Gasteiger partial charge on any atom is -0.444 e. The molecule has 5 nitrogen and oxygen atoms in total. The Morgan fingerprint density at radius 2 is 1.82 bits per heavy atom. The third-order valence-electron chi connectivity index (χ3n) is 3.77. The second-order valence-corrected chi connectivity index (χ2v) is 7.57. The van der Waals surface area contributed by atoms with Gasteiger partial charge in [-0.05, 0) is 52.4 Å². The second kappa shape index (κ2) is 8.39. The summed E-state index contributed by atoms with van der Waals surface area (Å²) in [5.41, 5.74) is -0.471. The summed E-state index contributed by atoms with van der Waals surface area (Å²) in [5, 5.41) is 3.02. The minimum atomic E-state index is -0.471. The number of nitrogens with one attached hydrogen (secondary N) is 1. The number of carbonyl (C=O) groups excluding carboxylic acids is 2. The van der Waals surface area contributed by atoms with Gasteiger partial charge in [0.05, 0.1) is 0 Å². The molecule has 1 heterocycles. The van der Waals surface area contributed by atoms with Crippen LogP contribution in [0.15, 0.2) is 0 Å². The Balaban J connectivity index is 2.27. The van der Waals surface area contributed by atoms with E-state index in [0.29, 0.717) is 19.0 Å². The lowest BCUT2D eigenvalue weighted by Crippen LogP contribution is -2.45. The molecule has 0 atom stereocenters. The summed E-state index contributed by atoms with van der Waals surface area (Å²) in [5.74, 6) is 0.833. The van der Waals surface area contributed by atoms with Gasteiger partial charge in [0.15, 0.2) is 0 Å². The summed E-state index contributed by atoms with van der Waals surface area (Å²) < 4.78 is 5.36. The van der Waals surface area contributed by atoms with Gasteiger partial charge in [0.2, 0.25) is 5.91 Å². The first-order valence-corrected chi connectivity index (χ1v) is 8.44. The number of piperidine rings is 1. The van der Waals surface area contributed by atoms with Gasteiger partial charge in [-0.25, -0.2) is 4.79 Å². The van der Waals surface area contributed by atoms with Gasteiger partial charge in [-0.15, -0.1) is 0 Å². The van der Waals surface area contributed by atoms with Crippen LogP contribution in [0.2, 0.25) is 0 Å². The Labute approximate surface area is 134 Å². The van der Waals surface area contributed by atoms with Gasteiger partial charge in [-0.2, -0.15) is 0 Å². The quantitative estimate of drug-likeness (QED) is 0.793. The fourth-order valence-corrected chi connectivity index (χ4v) is 2.52. The first-order chi connectivity index (χ1) is 10.2. The van der Waals surface area contributed by atoms with Crippen molar-refractivity contribution < 1.29 is 14.3 Å². The smallest absolute Gasteiger partial charge is 0.410 e. The molecule has 0 radical (unpaired) electrons. The molecule has 1 N–H and O–H groups in total. The number of amides is 2. The van der Waals surface area contributed by atoms with Crippen molar-refractivity contribution in [3.05, 3.63) is 0 Å². The van der Waals surface area contributed by atoms with Crippen LogP contribution in [0.25, 0.3) is 0 Å². The Hall–Kier alpha value is -1.26. The molecule has 0 aromatic rings. The van der Waals surface area contributed by atoms with Crippen molar-refractivity contribution >= 4 is 12.0 Å². The van der Waals surface area contributed by atoms with Crippen LogP contribution in [0.5, 0.6) is 0 Å². The molecule has 0 bridgehead atoms. The van der Waals surface area contributed by atoms with E-state index in [1.165, 1.54) is 0 Å². The zero-order chi connectivity index (χ0) is 16.8. The molecule has 0 aromatic carbocycles. The van der Waals surface area contributed by atoms with E-state index in [9.17, 15) is 9.59 Å². The largest absolute Gasteiger partial charge is 0.444 e. The normalized spacial score (nSPS) is 16.7. The molecule has 0 aliphatic carbocycles. The van der Waals surface area contributed by atoms with Crippen LogP contribution in [0.4, 0.5) is 4.79 Å². The van der Waals surface area contributed by atoms with Crippen molar-refractivity contribution in [3.8, 4) is 0 Å². The van der Waals surface area contributed by atoms with Crippen molar-refractivity contribution in [2.75, 3.05) is 19.6 Å². The fourth-order valence-electron chi connectivity index (χ4n) is 2.52. The van der Waals surface area contributed by atoms with Gasteiger partial charge in [0.1, 0.15) is 5.60 Å². The van der Waals surface area contributed by atoms with Gasteiger partial charge in [0, 0.05) is 25.6 Å². The average molecular weight is 312 g/mol. The number of hydrogen-bond acceptors (Lipinski definition) is 3. The Kier molecular flexibility index (Phi) is 7.17. The average Bonchev–Trinajstić information content (AvgIpc) is 2.41. The van der Waals surface area contributed by atoms with E-state index in [-0.39, 0.29) is 17.9 Å². The van der Waals surface area contributed by atoms with E-state index in [1.807, 2.05) is 20.8 Å². The summed E-state index contributed by atoms with van der Waals surface area (Å²) >= 11 is 0. The van der Waals surface area contributed by atoms with E-state index < -0.39 is 5.60 Å². The van der Waals surface area contributed by atoms with Crippen molar-refractivity contribution in [2.24, 2.45) is 11.8 Å². The van der Waals surface area contributed by atoms with Crippen LogP contribution < -0.4 is 5.32 Å². The molecule has 5 heteroatoms. The number of carbonyl (C=O) groups is 2. The SMILES string of the molecule is CC(C)CCCNC(=O)C1CCN(C(=O)OC(C)(C)C)CC1. The molecule has 1 aliphatic rings. The lowest BCUT2D eigenvalue weighted by atomic mass is 9.96. The minimum absolute atomic E-state index is 0.0257. The zero-order valence-electron chi connectivity index (χ0n) is 14.8. The van der Waals surface area contributed by atoms with Crippen LogP contribution >= 0.6 is 0 Å². The number of hydrogen-bond donors (Lipinski definition) is 1. The Morgan fingerprint density at radius 3 is 2.32 bits per heavy atom. The molecule has 2 amide bonds. The molecule has 0 saturated carbocycles. The molecule has 0 spiro atoms. The molecule has 0 aromatic heterocycles. The molecule has 1 fully saturated rings. The van der Waals surface area contributed by atoms with Gasteiger partial charge >= 0.3 is 6.09 Å². The summed E-state index contributed by atoms with van der Waals surface area (Å²) in [7, 11) is 0. The first-order valence-electron chi connectivity index (χ1n) is 8.44. The summed E-state index contributed by atoms with van der Waals surface area (Å²) in [6.45, 7) is 11.9. The Morgan fingerprint density at radius 1 is 1.23 bits per heavy atom. The molecular weight excluding hydrogens is 280 g/mol. The van der Waals surface area contributed by atoms with Gasteiger partial charge < -0.3 is 15.0 Å². The van der Waals surface area contributed by atoms with Crippen molar-refractivity contribution in [2.45, 2.75) is 65.9 Å². The van der Waals surface area contributed by atoms with E-state index in [4.69, 9.17) is 4.74 Å². The standard InChI is InChI=1S/C17H32N2O3/c1-13(2)7-6-10-18-15(20)14-8-11-19(12-9-14)16(21)22-17(3,4)5/h13-14H,6-12H2,1-5H3,(H,18,20).